The number of fused-ring (bicyclic) bond motifs is 1. The molecule has 4 aromatic rings. The molecule has 0 bridgehead atoms. The number of methoxy groups -OCH3 is 1. The summed E-state index contributed by atoms with van der Waals surface area (Å²) in [4.78, 5) is 49.5. The number of aliphatic carboxylic acids is 1. The van der Waals surface area contributed by atoms with E-state index in [0.29, 0.717) is 11.4 Å². The summed E-state index contributed by atoms with van der Waals surface area (Å²) in [5, 5.41) is 15.4. The molecule has 0 saturated heterocycles. The van der Waals surface area contributed by atoms with Crippen molar-refractivity contribution in [1.29, 1.82) is 0 Å². The number of anilines is 1. The first-order valence-electron chi connectivity index (χ1n) is 16.0. The van der Waals surface area contributed by atoms with E-state index in [2.05, 4.69) is 22.2 Å². The number of hydroxylamine groups is 1. The van der Waals surface area contributed by atoms with E-state index in [1.807, 2.05) is 24.3 Å². The van der Waals surface area contributed by atoms with Crippen LogP contribution in [0, 0.1) is 0 Å². The van der Waals surface area contributed by atoms with Crippen LogP contribution in [0.2, 0.25) is 0 Å². The molecule has 2 aliphatic rings. The molecule has 51 heavy (non-hydrogen) atoms. The Morgan fingerprint density at radius 3 is 2.51 bits per heavy atom. The van der Waals surface area contributed by atoms with Crippen molar-refractivity contribution >= 4 is 29.3 Å². The molecule has 14 heteroatoms. The number of rotatable bonds is 11. The standard InChI is InChI=1S/C37H34F3N5O6/c1-50-28-14-11-25(31(18-28)37(38,39)40)17-32(46)42-27-12-9-24(10-13-27)36(49)45(21-33(47)48)20-22-5-7-23(8-6-22)34-43-35(51-44-34)30-4-2-3-26-19-41-16-15-29(26)30/h2-14,18,35,41H,15-17,19-21H2,1H3,(H,42,46)(H,43,44)(H,47,48). The number of hydrogen-bond donors (Lipinski definition) is 4. The van der Waals surface area contributed by atoms with Gasteiger partial charge < -0.3 is 25.4 Å². The molecule has 264 valence electrons. The first-order valence-corrected chi connectivity index (χ1v) is 16.0. The van der Waals surface area contributed by atoms with Crippen molar-refractivity contribution in [2.24, 2.45) is 4.99 Å². The third-order valence-electron chi connectivity index (χ3n) is 8.56. The highest BCUT2D eigenvalue weighted by Gasteiger charge is 2.34. The average Bonchev–Trinajstić information content (AvgIpc) is 3.61. The summed E-state index contributed by atoms with van der Waals surface area (Å²) < 4.78 is 45.6. The number of alkyl halides is 3. The van der Waals surface area contributed by atoms with E-state index in [1.54, 1.807) is 12.1 Å². The van der Waals surface area contributed by atoms with Crippen LogP contribution in [-0.4, -0.2) is 53.8 Å². The quantitative estimate of drug-likeness (QED) is 0.166. The Balaban J connectivity index is 1.09. The maximum absolute atomic E-state index is 13.6. The van der Waals surface area contributed by atoms with Gasteiger partial charge in [-0.2, -0.15) is 13.2 Å². The van der Waals surface area contributed by atoms with Crippen molar-refractivity contribution in [1.82, 2.24) is 15.7 Å². The number of amides is 2. The third kappa shape index (κ3) is 8.36. The molecule has 6 rings (SSSR count). The molecule has 2 aliphatic heterocycles. The number of carbonyl (C=O) groups is 3. The summed E-state index contributed by atoms with van der Waals surface area (Å²) in [5.41, 5.74) is 7.02. The second-order valence-corrected chi connectivity index (χ2v) is 12.0. The lowest BCUT2D eigenvalue weighted by molar-refractivity contribution is -0.139. The molecule has 0 radical (unpaired) electrons. The highest BCUT2D eigenvalue weighted by atomic mass is 19.4. The second-order valence-electron chi connectivity index (χ2n) is 12.0. The lowest BCUT2D eigenvalue weighted by Crippen LogP contribution is -2.35. The van der Waals surface area contributed by atoms with E-state index < -0.39 is 48.7 Å². The molecule has 2 amide bonds. The van der Waals surface area contributed by atoms with Gasteiger partial charge in [0.1, 0.15) is 12.3 Å². The van der Waals surface area contributed by atoms with Gasteiger partial charge in [-0.3, -0.25) is 14.4 Å². The Morgan fingerprint density at radius 2 is 1.80 bits per heavy atom. The van der Waals surface area contributed by atoms with Gasteiger partial charge in [-0.05, 0) is 71.6 Å². The number of carboxylic acid groups (broad SMARTS) is 1. The average molecular weight is 702 g/mol. The van der Waals surface area contributed by atoms with Crippen LogP contribution < -0.4 is 20.9 Å². The summed E-state index contributed by atoms with van der Waals surface area (Å²) in [6, 6.07) is 22.3. The minimum atomic E-state index is -4.68. The molecule has 1 unspecified atom stereocenters. The number of benzene rings is 4. The monoisotopic (exact) mass is 701 g/mol. The molecule has 4 aromatic carbocycles. The lowest BCUT2D eigenvalue weighted by atomic mass is 9.95. The fourth-order valence-corrected chi connectivity index (χ4v) is 6.05. The van der Waals surface area contributed by atoms with E-state index in [9.17, 15) is 32.7 Å². The molecule has 4 N–H and O–H groups in total. The van der Waals surface area contributed by atoms with Crippen molar-refractivity contribution in [3.63, 3.8) is 0 Å². The van der Waals surface area contributed by atoms with Crippen LogP contribution in [0.3, 0.4) is 0 Å². The lowest BCUT2D eigenvalue weighted by Gasteiger charge is -2.21. The smallest absolute Gasteiger partial charge is 0.416 e. The molecule has 1 atom stereocenters. The summed E-state index contributed by atoms with van der Waals surface area (Å²) in [5.74, 6) is -1.90. The van der Waals surface area contributed by atoms with Crippen LogP contribution >= 0.6 is 0 Å². The van der Waals surface area contributed by atoms with Gasteiger partial charge in [-0.25, -0.2) is 15.3 Å². The van der Waals surface area contributed by atoms with Gasteiger partial charge in [0.25, 0.3) is 5.91 Å². The highest BCUT2D eigenvalue weighted by molar-refractivity contribution is 5.99. The number of carbonyl (C=O) groups excluding carboxylic acids is 2. The van der Waals surface area contributed by atoms with Crippen molar-refractivity contribution in [2.45, 2.75) is 38.3 Å². The Bertz CT molecular complexity index is 1970. The number of ether oxygens (including phenoxy) is 1. The fourth-order valence-electron chi connectivity index (χ4n) is 6.05. The highest BCUT2D eigenvalue weighted by Crippen LogP contribution is 2.35. The minimum Gasteiger partial charge on any atom is -0.497 e. The number of aliphatic imine (C=N–C) groups is 1. The molecule has 2 heterocycles. The van der Waals surface area contributed by atoms with Gasteiger partial charge >= 0.3 is 12.1 Å². The van der Waals surface area contributed by atoms with Crippen LogP contribution in [0.4, 0.5) is 18.9 Å². The summed E-state index contributed by atoms with van der Waals surface area (Å²) in [7, 11) is 1.25. The largest absolute Gasteiger partial charge is 0.497 e. The van der Waals surface area contributed by atoms with E-state index in [4.69, 9.17) is 14.6 Å². The Hall–Kier alpha value is -5.73. The molecular weight excluding hydrogens is 667 g/mol. The van der Waals surface area contributed by atoms with Crippen LogP contribution in [0.25, 0.3) is 0 Å². The van der Waals surface area contributed by atoms with Crippen LogP contribution in [0.1, 0.15) is 55.5 Å². The second kappa shape index (κ2) is 15.0. The van der Waals surface area contributed by atoms with Gasteiger partial charge in [-0.15, -0.1) is 0 Å². The van der Waals surface area contributed by atoms with Gasteiger partial charge in [-0.1, -0.05) is 48.5 Å². The Morgan fingerprint density at radius 1 is 1.04 bits per heavy atom. The third-order valence-corrected chi connectivity index (χ3v) is 8.56. The predicted octanol–water partition coefficient (Wildman–Crippen LogP) is 5.25. The number of halogens is 3. The molecule has 11 nitrogen and oxygen atoms in total. The van der Waals surface area contributed by atoms with Crippen molar-refractivity contribution in [2.75, 3.05) is 25.5 Å². The molecule has 0 saturated carbocycles. The number of nitrogens with one attached hydrogen (secondary N) is 3. The molecule has 0 fully saturated rings. The van der Waals surface area contributed by atoms with E-state index in [1.165, 1.54) is 59.5 Å². The summed E-state index contributed by atoms with van der Waals surface area (Å²) in [6.07, 6.45) is -4.84. The zero-order chi connectivity index (χ0) is 36.1. The Labute approximate surface area is 291 Å². The normalized spacial score (nSPS) is 15.3. The molecule has 0 spiro atoms. The number of carboxylic acids is 1. The van der Waals surface area contributed by atoms with Gasteiger partial charge in [0, 0.05) is 35.5 Å². The fraction of sp³-hybridized carbons (Fsp3) is 0.243. The van der Waals surface area contributed by atoms with Crippen LogP contribution in [0.5, 0.6) is 5.75 Å². The maximum Gasteiger partial charge on any atom is 0.416 e. The molecular formula is C37H34F3N5O6. The van der Waals surface area contributed by atoms with Crippen molar-refractivity contribution < 1.29 is 42.2 Å². The number of amidine groups is 1. The van der Waals surface area contributed by atoms with Gasteiger partial charge in [0.15, 0.2) is 5.84 Å². The van der Waals surface area contributed by atoms with Crippen molar-refractivity contribution in [3.05, 3.63) is 129 Å². The van der Waals surface area contributed by atoms with Gasteiger partial charge in [0.05, 0.1) is 19.1 Å². The molecule has 0 aliphatic carbocycles. The summed E-state index contributed by atoms with van der Waals surface area (Å²) in [6.45, 7) is 1.12. The van der Waals surface area contributed by atoms with E-state index in [-0.39, 0.29) is 29.1 Å². The van der Waals surface area contributed by atoms with Crippen LogP contribution in [-0.2, 0) is 46.5 Å². The first kappa shape index (κ1) is 35.1. The zero-order valence-corrected chi connectivity index (χ0v) is 27.4. The number of hydrogen-bond acceptors (Lipinski definition) is 8. The van der Waals surface area contributed by atoms with Crippen LogP contribution in [0.15, 0.2) is 89.9 Å². The topological polar surface area (TPSA) is 142 Å². The molecule has 0 aromatic heterocycles. The Kier molecular flexibility index (Phi) is 10.3. The minimum absolute atomic E-state index is 0.00345. The maximum atomic E-state index is 13.6. The van der Waals surface area contributed by atoms with Crippen molar-refractivity contribution in [3.8, 4) is 5.75 Å². The van der Waals surface area contributed by atoms with E-state index >= 15 is 0 Å². The van der Waals surface area contributed by atoms with E-state index in [0.717, 1.165) is 36.7 Å². The predicted molar refractivity (Wildman–Crippen MR) is 181 cm³/mol. The summed E-state index contributed by atoms with van der Waals surface area (Å²) >= 11 is 0. The first-order chi connectivity index (χ1) is 24.5. The van der Waals surface area contributed by atoms with Gasteiger partial charge in [0.2, 0.25) is 12.1 Å². The SMILES string of the molecule is COc1ccc(CC(=O)Nc2ccc(C(=O)N(CC(=O)O)Cc3ccc(C4=NC(c5cccc6c5CCNC6)ON4)cc3)cc2)c(C(F)(F)F)c1. The number of nitrogens with zero attached hydrogens (tertiary/aromatic N) is 2. The zero-order valence-electron chi connectivity index (χ0n) is 27.4.